The first-order valence-corrected chi connectivity index (χ1v) is 10.6. The largest absolute Gasteiger partial charge is 0.416 e. The van der Waals surface area contributed by atoms with Gasteiger partial charge in [0.15, 0.2) is 0 Å². The quantitative estimate of drug-likeness (QED) is 0.571. The van der Waals surface area contributed by atoms with E-state index >= 15 is 0 Å². The molecule has 4 rings (SSSR count). The van der Waals surface area contributed by atoms with E-state index in [1.807, 2.05) is 12.1 Å². The molecule has 3 aromatic rings. The molecule has 5 nitrogen and oxygen atoms in total. The van der Waals surface area contributed by atoms with Crippen molar-refractivity contribution in [1.29, 1.82) is 0 Å². The predicted octanol–water partition coefficient (Wildman–Crippen LogP) is 4.79. The maximum atomic E-state index is 13.2. The van der Waals surface area contributed by atoms with Gasteiger partial charge in [0, 0.05) is 36.2 Å². The zero-order chi connectivity index (χ0) is 22.9. The van der Waals surface area contributed by atoms with Crippen molar-refractivity contribution in [2.45, 2.75) is 31.6 Å². The monoisotopic (exact) mass is 463 g/mol. The molecule has 2 heterocycles. The van der Waals surface area contributed by atoms with E-state index in [1.54, 1.807) is 27.8 Å². The molecule has 0 bridgehead atoms. The topological polar surface area (TPSA) is 54.3 Å². The van der Waals surface area contributed by atoms with Gasteiger partial charge in [-0.1, -0.05) is 29.8 Å². The fourth-order valence-electron chi connectivity index (χ4n) is 3.97. The van der Waals surface area contributed by atoms with Crippen molar-refractivity contribution in [2.75, 3.05) is 13.1 Å². The molecule has 0 spiro atoms. The molecular formula is C23H21ClF3N3O2. The van der Waals surface area contributed by atoms with E-state index in [-0.39, 0.29) is 24.9 Å². The Kier molecular flexibility index (Phi) is 6.15. The molecule has 1 aromatic heterocycles. The highest BCUT2D eigenvalue weighted by molar-refractivity contribution is 6.31. The fraction of sp³-hybridized carbons (Fsp3) is 0.304. The Labute approximate surface area is 187 Å². The first kappa shape index (κ1) is 22.2. The third kappa shape index (κ3) is 4.91. The number of carbonyl (C=O) groups excluding carboxylic acids is 2. The van der Waals surface area contributed by atoms with Gasteiger partial charge in [0.1, 0.15) is 6.54 Å². The molecule has 168 valence electrons. The molecule has 9 heteroatoms. The molecule has 1 unspecified atom stereocenters. The zero-order valence-electron chi connectivity index (χ0n) is 17.0. The van der Waals surface area contributed by atoms with Gasteiger partial charge in [-0.15, -0.1) is 0 Å². The van der Waals surface area contributed by atoms with Crippen LogP contribution in [0.25, 0.3) is 10.9 Å². The van der Waals surface area contributed by atoms with Crippen LogP contribution in [-0.4, -0.2) is 34.4 Å². The highest BCUT2D eigenvalue weighted by atomic mass is 35.5. The maximum Gasteiger partial charge on any atom is 0.416 e. The van der Waals surface area contributed by atoms with Crippen LogP contribution in [0, 0.1) is 0 Å². The van der Waals surface area contributed by atoms with Gasteiger partial charge in [0.2, 0.25) is 11.8 Å². The SMILES string of the molecule is O=C(Cn1ccc2ccc(Cl)cc21)NC(CN1CCCC1=O)c1cccc(C(F)(F)F)c1. The van der Waals surface area contributed by atoms with Crippen molar-refractivity contribution in [1.82, 2.24) is 14.8 Å². The van der Waals surface area contributed by atoms with Gasteiger partial charge in [-0.25, -0.2) is 0 Å². The smallest absolute Gasteiger partial charge is 0.346 e. The second kappa shape index (κ2) is 8.86. The summed E-state index contributed by atoms with van der Waals surface area (Å²) in [7, 11) is 0. The summed E-state index contributed by atoms with van der Waals surface area (Å²) < 4.78 is 41.4. The Bertz CT molecular complexity index is 1160. The molecule has 0 saturated carbocycles. The summed E-state index contributed by atoms with van der Waals surface area (Å²) >= 11 is 6.07. The lowest BCUT2D eigenvalue weighted by atomic mass is 10.0. The highest BCUT2D eigenvalue weighted by Gasteiger charge is 2.32. The summed E-state index contributed by atoms with van der Waals surface area (Å²) in [6, 6.07) is 11.3. The number of fused-ring (bicyclic) bond motifs is 1. The molecule has 1 aliphatic rings. The molecule has 32 heavy (non-hydrogen) atoms. The minimum Gasteiger partial charge on any atom is -0.346 e. The number of alkyl halides is 3. The fourth-order valence-corrected chi connectivity index (χ4v) is 4.14. The number of rotatable bonds is 6. The van der Waals surface area contributed by atoms with Crippen LogP contribution in [-0.2, 0) is 22.3 Å². The van der Waals surface area contributed by atoms with Crippen LogP contribution < -0.4 is 5.32 Å². The van der Waals surface area contributed by atoms with Crippen molar-refractivity contribution in [3.05, 3.63) is 70.9 Å². The normalized spacial score (nSPS) is 15.4. The summed E-state index contributed by atoms with van der Waals surface area (Å²) in [6.07, 6.45) is -1.65. The van der Waals surface area contributed by atoms with E-state index < -0.39 is 17.8 Å². The van der Waals surface area contributed by atoms with Crippen molar-refractivity contribution in [2.24, 2.45) is 0 Å². The first-order valence-electron chi connectivity index (χ1n) is 10.2. The summed E-state index contributed by atoms with van der Waals surface area (Å²) in [5.41, 5.74) is 0.277. The summed E-state index contributed by atoms with van der Waals surface area (Å²) in [5.74, 6) is -0.446. The third-order valence-corrected chi connectivity index (χ3v) is 5.81. The first-order chi connectivity index (χ1) is 15.2. The van der Waals surface area contributed by atoms with Crippen LogP contribution >= 0.6 is 11.6 Å². The zero-order valence-corrected chi connectivity index (χ0v) is 17.8. The number of carbonyl (C=O) groups is 2. The van der Waals surface area contributed by atoms with E-state index in [1.165, 1.54) is 12.1 Å². The molecule has 0 radical (unpaired) electrons. The standard InChI is InChI=1S/C23H21ClF3N3O2/c24-18-7-6-15-8-10-29(20(15)12-18)14-21(31)28-19(13-30-9-2-5-22(30)32)16-3-1-4-17(11-16)23(25,26)27/h1,3-4,6-8,10-12,19H,2,5,9,13-14H2,(H,28,31). The van der Waals surface area contributed by atoms with Gasteiger partial charge in [0.25, 0.3) is 0 Å². The minimum atomic E-state index is -4.50. The molecule has 1 fully saturated rings. The lowest BCUT2D eigenvalue weighted by Crippen LogP contribution is -2.39. The van der Waals surface area contributed by atoms with Crippen LogP contribution in [0.1, 0.15) is 30.0 Å². The predicted molar refractivity (Wildman–Crippen MR) is 115 cm³/mol. The second-order valence-corrected chi connectivity index (χ2v) is 8.27. The van der Waals surface area contributed by atoms with E-state index in [4.69, 9.17) is 11.6 Å². The Morgan fingerprint density at radius 2 is 1.97 bits per heavy atom. The Morgan fingerprint density at radius 1 is 1.16 bits per heavy atom. The third-order valence-electron chi connectivity index (χ3n) is 5.58. The number of nitrogens with zero attached hydrogens (tertiary/aromatic N) is 2. The van der Waals surface area contributed by atoms with Crippen LogP contribution in [0.3, 0.4) is 0 Å². The molecule has 1 N–H and O–H groups in total. The van der Waals surface area contributed by atoms with Crippen LogP contribution in [0.15, 0.2) is 54.7 Å². The van der Waals surface area contributed by atoms with Gasteiger partial charge in [-0.05, 0) is 47.7 Å². The molecule has 1 saturated heterocycles. The van der Waals surface area contributed by atoms with Gasteiger partial charge in [0.05, 0.1) is 11.6 Å². The van der Waals surface area contributed by atoms with E-state index in [9.17, 15) is 22.8 Å². The highest BCUT2D eigenvalue weighted by Crippen LogP contribution is 2.31. The Hall–Kier alpha value is -3.00. The molecule has 1 atom stereocenters. The van der Waals surface area contributed by atoms with Gasteiger partial charge in [-0.2, -0.15) is 13.2 Å². The van der Waals surface area contributed by atoms with E-state index in [0.29, 0.717) is 30.0 Å². The van der Waals surface area contributed by atoms with Gasteiger partial charge >= 0.3 is 6.18 Å². The Balaban J connectivity index is 1.57. The number of amides is 2. The molecule has 0 aliphatic carbocycles. The van der Waals surface area contributed by atoms with Gasteiger partial charge in [-0.3, -0.25) is 9.59 Å². The number of benzene rings is 2. The molecular weight excluding hydrogens is 443 g/mol. The van der Waals surface area contributed by atoms with E-state index in [0.717, 1.165) is 23.0 Å². The molecule has 1 aliphatic heterocycles. The Morgan fingerprint density at radius 3 is 2.69 bits per heavy atom. The number of likely N-dealkylation sites (tertiary alicyclic amines) is 1. The lowest BCUT2D eigenvalue weighted by Gasteiger charge is -2.26. The number of hydrogen-bond donors (Lipinski definition) is 1. The number of halogens is 4. The maximum absolute atomic E-state index is 13.2. The number of aromatic nitrogens is 1. The lowest BCUT2D eigenvalue weighted by molar-refractivity contribution is -0.137. The second-order valence-electron chi connectivity index (χ2n) is 7.83. The van der Waals surface area contributed by atoms with Crippen molar-refractivity contribution in [3.8, 4) is 0 Å². The summed E-state index contributed by atoms with van der Waals surface area (Å²) in [5, 5.41) is 4.27. The van der Waals surface area contributed by atoms with Crippen molar-refractivity contribution >= 4 is 34.3 Å². The van der Waals surface area contributed by atoms with Crippen LogP contribution in [0.4, 0.5) is 13.2 Å². The van der Waals surface area contributed by atoms with Crippen LogP contribution in [0.5, 0.6) is 0 Å². The average molecular weight is 464 g/mol. The summed E-state index contributed by atoms with van der Waals surface area (Å²) in [4.78, 5) is 26.6. The minimum absolute atomic E-state index is 0.0345. The summed E-state index contributed by atoms with van der Waals surface area (Å²) in [6.45, 7) is 0.599. The van der Waals surface area contributed by atoms with Crippen molar-refractivity contribution < 1.29 is 22.8 Å². The molecule has 2 aromatic carbocycles. The number of hydrogen-bond acceptors (Lipinski definition) is 2. The average Bonchev–Trinajstić information content (AvgIpc) is 3.33. The van der Waals surface area contributed by atoms with E-state index in [2.05, 4.69) is 5.32 Å². The van der Waals surface area contributed by atoms with Crippen LogP contribution in [0.2, 0.25) is 5.02 Å². The number of nitrogens with one attached hydrogen (secondary N) is 1. The molecule has 2 amide bonds. The van der Waals surface area contributed by atoms with Crippen molar-refractivity contribution in [3.63, 3.8) is 0 Å². The van der Waals surface area contributed by atoms with Gasteiger partial charge < -0.3 is 14.8 Å².